The van der Waals surface area contributed by atoms with Gasteiger partial charge in [0.2, 0.25) is 0 Å². The quantitative estimate of drug-likeness (QED) is 0.586. The van der Waals surface area contributed by atoms with Crippen LogP contribution in [0.25, 0.3) is 33.3 Å². The van der Waals surface area contributed by atoms with E-state index in [0.717, 1.165) is 71.0 Å². The molecule has 5 rings (SSSR count). The molecule has 0 aliphatic carbocycles. The molecule has 4 aromatic rings. The normalized spacial score (nSPS) is 14.8. The number of morpholine rings is 1. The Balaban J connectivity index is 1.61. The van der Waals surface area contributed by atoms with Gasteiger partial charge in [0.1, 0.15) is 11.5 Å². The molecular weight excluding hydrogens is 340 g/mol. The van der Waals surface area contributed by atoms with Crippen molar-refractivity contribution >= 4 is 16.7 Å². The van der Waals surface area contributed by atoms with Gasteiger partial charge in [0.05, 0.1) is 24.9 Å². The topological polar surface area (TPSA) is 82.7 Å². The number of hydrogen-bond donors (Lipinski definition) is 2. The molecule has 1 aliphatic rings. The number of rotatable bonds is 3. The van der Waals surface area contributed by atoms with Crippen LogP contribution in [0, 0.1) is 6.92 Å². The number of nitrogens with zero attached hydrogens (tertiary/aromatic N) is 4. The zero-order chi connectivity index (χ0) is 18.2. The van der Waals surface area contributed by atoms with E-state index in [1.807, 2.05) is 24.7 Å². The van der Waals surface area contributed by atoms with Crippen molar-refractivity contribution in [3.05, 3.63) is 48.4 Å². The number of nitrogens with one attached hydrogen (secondary N) is 2. The van der Waals surface area contributed by atoms with E-state index in [2.05, 4.69) is 55.4 Å². The molecule has 0 amide bonds. The highest BCUT2D eigenvalue weighted by Gasteiger charge is 2.16. The monoisotopic (exact) mass is 360 g/mol. The van der Waals surface area contributed by atoms with E-state index < -0.39 is 0 Å². The van der Waals surface area contributed by atoms with Crippen LogP contribution in [0.2, 0.25) is 0 Å². The summed E-state index contributed by atoms with van der Waals surface area (Å²) < 4.78 is 5.45. The molecule has 1 fully saturated rings. The summed E-state index contributed by atoms with van der Waals surface area (Å²) in [5.41, 5.74) is 6.40. The summed E-state index contributed by atoms with van der Waals surface area (Å²) in [5.74, 6) is 0.967. The predicted octanol–water partition coefficient (Wildman–Crippen LogP) is 3.16. The second-order valence-electron chi connectivity index (χ2n) is 6.78. The Bertz CT molecular complexity index is 1080. The van der Waals surface area contributed by atoms with Gasteiger partial charge in [0.25, 0.3) is 0 Å². The van der Waals surface area contributed by atoms with Crippen LogP contribution in [-0.4, -0.2) is 51.7 Å². The third-order valence-corrected chi connectivity index (χ3v) is 5.06. The van der Waals surface area contributed by atoms with Gasteiger partial charge in [-0.1, -0.05) is 0 Å². The predicted molar refractivity (Wildman–Crippen MR) is 105 cm³/mol. The zero-order valence-corrected chi connectivity index (χ0v) is 15.1. The van der Waals surface area contributed by atoms with E-state index >= 15 is 0 Å². The third-order valence-electron chi connectivity index (χ3n) is 5.06. The van der Waals surface area contributed by atoms with E-state index in [1.165, 1.54) is 0 Å². The maximum absolute atomic E-state index is 5.45. The van der Waals surface area contributed by atoms with Gasteiger partial charge in [-0.2, -0.15) is 10.2 Å². The second-order valence-corrected chi connectivity index (χ2v) is 6.78. The lowest BCUT2D eigenvalue weighted by Crippen LogP contribution is -2.36. The summed E-state index contributed by atoms with van der Waals surface area (Å²) in [6.07, 6.45) is 5.60. The molecule has 7 heteroatoms. The van der Waals surface area contributed by atoms with Crippen LogP contribution in [0.5, 0.6) is 0 Å². The summed E-state index contributed by atoms with van der Waals surface area (Å²) >= 11 is 0. The molecule has 136 valence electrons. The lowest BCUT2D eigenvalue weighted by molar-refractivity contribution is 0.122. The number of aromatic amines is 2. The van der Waals surface area contributed by atoms with Crippen molar-refractivity contribution in [1.82, 2.24) is 25.4 Å². The smallest absolute Gasteiger partial charge is 0.129 e. The number of fused-ring (bicyclic) bond motifs is 1. The molecule has 7 nitrogen and oxygen atoms in total. The fourth-order valence-corrected chi connectivity index (χ4v) is 3.62. The van der Waals surface area contributed by atoms with Crippen molar-refractivity contribution in [3.8, 4) is 22.4 Å². The summed E-state index contributed by atoms with van der Waals surface area (Å²) in [5, 5.41) is 15.9. The van der Waals surface area contributed by atoms with Gasteiger partial charge < -0.3 is 9.64 Å². The van der Waals surface area contributed by atoms with Gasteiger partial charge in [-0.3, -0.25) is 10.2 Å². The van der Waals surface area contributed by atoms with Gasteiger partial charge in [-0.25, -0.2) is 4.98 Å². The SMILES string of the molecule is Cc1cc(-c2cn[nH]c2)cc2c(-c3ccnc(N4CCOCC4)c3)n[nH]c12. The maximum Gasteiger partial charge on any atom is 0.129 e. The number of ether oxygens (including phenoxy) is 1. The highest BCUT2D eigenvalue weighted by molar-refractivity contribution is 5.97. The van der Waals surface area contributed by atoms with E-state index in [0.29, 0.717) is 0 Å². The van der Waals surface area contributed by atoms with Gasteiger partial charge in [0, 0.05) is 42.0 Å². The first-order valence-corrected chi connectivity index (χ1v) is 9.06. The Labute approximate surface area is 156 Å². The number of pyridine rings is 1. The molecule has 1 aliphatic heterocycles. The lowest BCUT2D eigenvalue weighted by atomic mass is 10.0. The van der Waals surface area contributed by atoms with Crippen molar-refractivity contribution < 1.29 is 4.74 Å². The van der Waals surface area contributed by atoms with E-state index in [9.17, 15) is 0 Å². The zero-order valence-electron chi connectivity index (χ0n) is 15.1. The molecule has 0 unspecified atom stereocenters. The van der Waals surface area contributed by atoms with E-state index in [4.69, 9.17) is 4.74 Å². The molecule has 1 aromatic carbocycles. The van der Waals surface area contributed by atoms with Crippen LogP contribution in [-0.2, 0) is 4.74 Å². The minimum Gasteiger partial charge on any atom is -0.378 e. The Morgan fingerprint density at radius 2 is 1.96 bits per heavy atom. The molecule has 0 atom stereocenters. The first-order valence-electron chi connectivity index (χ1n) is 9.06. The highest BCUT2D eigenvalue weighted by atomic mass is 16.5. The standard InChI is InChI=1S/C20H20N6O/c1-13-8-15(16-11-22-23-12-16)9-17-19(13)24-25-20(17)14-2-3-21-18(10-14)26-4-6-27-7-5-26/h2-3,8-12H,4-7H2,1H3,(H,22,23)(H,24,25). The number of benzene rings is 1. The first kappa shape index (κ1) is 16.0. The lowest BCUT2D eigenvalue weighted by Gasteiger charge is -2.27. The van der Waals surface area contributed by atoms with E-state index in [-0.39, 0.29) is 0 Å². The highest BCUT2D eigenvalue weighted by Crippen LogP contribution is 2.33. The van der Waals surface area contributed by atoms with Crippen LogP contribution in [0.1, 0.15) is 5.56 Å². The average molecular weight is 360 g/mol. The number of aryl methyl sites for hydroxylation is 1. The van der Waals surface area contributed by atoms with E-state index in [1.54, 1.807) is 0 Å². The number of hydrogen-bond acceptors (Lipinski definition) is 5. The molecule has 27 heavy (non-hydrogen) atoms. The van der Waals surface area contributed by atoms with Crippen molar-refractivity contribution in [2.75, 3.05) is 31.2 Å². The molecule has 0 saturated carbocycles. The van der Waals surface area contributed by atoms with Crippen LogP contribution in [0.3, 0.4) is 0 Å². The van der Waals surface area contributed by atoms with Crippen molar-refractivity contribution in [2.24, 2.45) is 0 Å². The Morgan fingerprint density at radius 3 is 2.78 bits per heavy atom. The second kappa shape index (κ2) is 6.51. The van der Waals surface area contributed by atoms with Crippen molar-refractivity contribution in [1.29, 1.82) is 0 Å². The van der Waals surface area contributed by atoms with Crippen LogP contribution in [0.4, 0.5) is 5.82 Å². The largest absolute Gasteiger partial charge is 0.378 e. The average Bonchev–Trinajstić information content (AvgIpc) is 3.39. The summed E-state index contributed by atoms with van der Waals surface area (Å²) in [6.45, 7) is 5.30. The van der Waals surface area contributed by atoms with Crippen LogP contribution < -0.4 is 4.90 Å². The molecule has 0 bridgehead atoms. The van der Waals surface area contributed by atoms with Gasteiger partial charge in [0.15, 0.2) is 0 Å². The minimum absolute atomic E-state index is 0.741. The Kier molecular flexibility index (Phi) is 3.86. The molecule has 2 N–H and O–H groups in total. The molecular formula is C20H20N6O. The molecule has 3 aromatic heterocycles. The number of H-pyrrole nitrogens is 2. The van der Waals surface area contributed by atoms with Crippen molar-refractivity contribution in [3.63, 3.8) is 0 Å². The minimum atomic E-state index is 0.741. The third kappa shape index (κ3) is 2.86. The summed E-state index contributed by atoms with van der Waals surface area (Å²) in [6, 6.07) is 8.45. The van der Waals surface area contributed by atoms with Gasteiger partial charge in [-0.15, -0.1) is 0 Å². The fraction of sp³-hybridized carbons (Fsp3) is 0.250. The van der Waals surface area contributed by atoms with Gasteiger partial charge >= 0.3 is 0 Å². The first-order chi connectivity index (χ1) is 13.3. The maximum atomic E-state index is 5.45. The Hall–Kier alpha value is -3.19. The molecule has 1 saturated heterocycles. The summed E-state index contributed by atoms with van der Waals surface area (Å²) in [7, 11) is 0. The van der Waals surface area contributed by atoms with Crippen LogP contribution >= 0.6 is 0 Å². The van der Waals surface area contributed by atoms with Crippen LogP contribution in [0.15, 0.2) is 42.9 Å². The van der Waals surface area contributed by atoms with Crippen molar-refractivity contribution in [2.45, 2.75) is 6.92 Å². The fourth-order valence-electron chi connectivity index (χ4n) is 3.62. The Morgan fingerprint density at radius 1 is 1.07 bits per heavy atom. The molecule has 4 heterocycles. The molecule has 0 spiro atoms. The number of aromatic nitrogens is 5. The summed E-state index contributed by atoms with van der Waals surface area (Å²) in [4.78, 5) is 6.80. The number of anilines is 1. The molecule has 0 radical (unpaired) electrons. The van der Waals surface area contributed by atoms with Gasteiger partial charge in [-0.05, 0) is 42.3 Å².